The topological polar surface area (TPSA) is 24.9 Å². The molecule has 1 N–H and O–H groups in total. The summed E-state index contributed by atoms with van der Waals surface area (Å²) in [6.45, 7) is 0. The molecular weight excluding hydrogens is 196 g/mol. The van der Waals surface area contributed by atoms with Crippen LogP contribution in [0.1, 0.15) is 31.2 Å². The molecule has 2 heteroatoms. The molecule has 1 aromatic rings. The summed E-state index contributed by atoms with van der Waals surface area (Å²) in [7, 11) is 0. The predicted molar refractivity (Wildman–Crippen MR) is 65.9 cm³/mol. The Morgan fingerprint density at radius 1 is 1.38 bits per heavy atom. The maximum Gasteiger partial charge on any atom is 0.0340 e. The lowest BCUT2D eigenvalue weighted by Crippen LogP contribution is -2.35. The molecule has 2 nitrogen and oxygen atoms in total. The Morgan fingerprint density at radius 3 is 3.19 bits per heavy atom. The van der Waals surface area contributed by atoms with Crippen LogP contribution >= 0.6 is 0 Å². The molecule has 0 aliphatic carbocycles. The highest BCUT2D eigenvalue weighted by atomic mass is 15.0. The SMILES string of the molecule is C(=CC1CC2CCCC1N2)c1cccnc1. The zero-order valence-corrected chi connectivity index (χ0v) is 9.47. The van der Waals surface area contributed by atoms with Gasteiger partial charge in [0.2, 0.25) is 0 Å². The lowest BCUT2D eigenvalue weighted by Gasteiger charge is -2.21. The number of rotatable bonds is 2. The van der Waals surface area contributed by atoms with Crippen LogP contribution in [0.15, 0.2) is 30.6 Å². The van der Waals surface area contributed by atoms with Crippen molar-refractivity contribution in [2.24, 2.45) is 5.92 Å². The molecule has 0 spiro atoms. The number of nitrogens with one attached hydrogen (secondary N) is 1. The molecule has 84 valence electrons. The maximum absolute atomic E-state index is 4.13. The van der Waals surface area contributed by atoms with Gasteiger partial charge in [-0.2, -0.15) is 0 Å². The van der Waals surface area contributed by atoms with E-state index in [0.717, 1.165) is 18.0 Å². The minimum atomic E-state index is 0.728. The van der Waals surface area contributed by atoms with Crippen molar-refractivity contribution < 1.29 is 0 Å². The second-order valence-corrected chi connectivity index (χ2v) is 4.95. The lowest BCUT2D eigenvalue weighted by atomic mass is 9.97. The summed E-state index contributed by atoms with van der Waals surface area (Å²) in [6, 6.07) is 5.61. The first-order valence-electron chi connectivity index (χ1n) is 6.26. The summed E-state index contributed by atoms with van der Waals surface area (Å²) in [6.07, 6.45) is 13.8. The Balaban J connectivity index is 1.69. The lowest BCUT2D eigenvalue weighted by molar-refractivity contribution is 0.393. The Labute approximate surface area is 96.8 Å². The number of aromatic nitrogens is 1. The van der Waals surface area contributed by atoms with Crippen LogP contribution in [0.3, 0.4) is 0 Å². The van der Waals surface area contributed by atoms with Gasteiger partial charge in [0.1, 0.15) is 0 Å². The molecule has 2 fully saturated rings. The van der Waals surface area contributed by atoms with Crippen LogP contribution in [0.25, 0.3) is 6.08 Å². The molecule has 3 unspecified atom stereocenters. The fourth-order valence-corrected chi connectivity index (χ4v) is 2.99. The highest BCUT2D eigenvalue weighted by Gasteiger charge is 2.34. The van der Waals surface area contributed by atoms with Gasteiger partial charge >= 0.3 is 0 Å². The summed E-state index contributed by atoms with van der Waals surface area (Å²) in [4.78, 5) is 4.13. The maximum atomic E-state index is 4.13. The quantitative estimate of drug-likeness (QED) is 0.818. The van der Waals surface area contributed by atoms with Crippen LogP contribution < -0.4 is 5.32 Å². The highest BCUT2D eigenvalue weighted by molar-refractivity contribution is 5.48. The summed E-state index contributed by atoms with van der Waals surface area (Å²) >= 11 is 0. The van der Waals surface area contributed by atoms with Crippen LogP contribution in [-0.4, -0.2) is 17.1 Å². The van der Waals surface area contributed by atoms with Crippen LogP contribution in [0.2, 0.25) is 0 Å². The summed E-state index contributed by atoms with van der Waals surface area (Å²) in [5, 5.41) is 3.71. The zero-order chi connectivity index (χ0) is 10.8. The third kappa shape index (κ3) is 2.03. The second kappa shape index (κ2) is 4.38. The molecule has 3 heterocycles. The van der Waals surface area contributed by atoms with Crippen molar-refractivity contribution in [3.8, 4) is 0 Å². The van der Waals surface area contributed by atoms with Gasteiger partial charge in [0.15, 0.2) is 0 Å². The number of fused-ring (bicyclic) bond motifs is 2. The van der Waals surface area contributed by atoms with Gasteiger partial charge in [-0.05, 0) is 36.8 Å². The van der Waals surface area contributed by atoms with Crippen molar-refractivity contribution in [2.75, 3.05) is 0 Å². The monoisotopic (exact) mass is 214 g/mol. The first-order valence-corrected chi connectivity index (χ1v) is 6.26. The summed E-state index contributed by atoms with van der Waals surface area (Å²) in [5.41, 5.74) is 1.21. The Morgan fingerprint density at radius 2 is 2.38 bits per heavy atom. The van der Waals surface area contributed by atoms with Gasteiger partial charge in [-0.3, -0.25) is 4.98 Å². The largest absolute Gasteiger partial charge is 0.311 e. The van der Waals surface area contributed by atoms with Gasteiger partial charge in [-0.15, -0.1) is 0 Å². The molecule has 16 heavy (non-hydrogen) atoms. The zero-order valence-electron chi connectivity index (χ0n) is 9.47. The molecule has 0 amide bonds. The first-order chi connectivity index (χ1) is 7.92. The van der Waals surface area contributed by atoms with E-state index in [1.54, 1.807) is 0 Å². The average molecular weight is 214 g/mol. The molecule has 2 aliphatic heterocycles. The molecule has 1 aromatic heterocycles. The average Bonchev–Trinajstić information content (AvgIpc) is 2.63. The molecule has 0 radical (unpaired) electrons. The predicted octanol–water partition coefficient (Wildman–Crippen LogP) is 2.63. The van der Waals surface area contributed by atoms with E-state index in [4.69, 9.17) is 0 Å². The first kappa shape index (κ1) is 10.0. The second-order valence-electron chi connectivity index (χ2n) is 4.95. The van der Waals surface area contributed by atoms with Gasteiger partial charge in [-0.1, -0.05) is 24.6 Å². The van der Waals surface area contributed by atoms with E-state index in [9.17, 15) is 0 Å². The summed E-state index contributed by atoms with van der Waals surface area (Å²) < 4.78 is 0. The third-order valence-corrected chi connectivity index (χ3v) is 3.81. The van der Waals surface area contributed by atoms with E-state index >= 15 is 0 Å². The fraction of sp³-hybridized carbons (Fsp3) is 0.500. The van der Waals surface area contributed by atoms with Gasteiger partial charge in [-0.25, -0.2) is 0 Å². The third-order valence-electron chi connectivity index (χ3n) is 3.81. The van der Waals surface area contributed by atoms with Gasteiger partial charge in [0, 0.05) is 24.5 Å². The minimum Gasteiger partial charge on any atom is -0.311 e. The Bertz CT molecular complexity index is 372. The van der Waals surface area contributed by atoms with Crippen molar-refractivity contribution >= 4 is 6.08 Å². The molecule has 2 aliphatic rings. The molecule has 2 bridgehead atoms. The number of nitrogens with zero attached hydrogens (tertiary/aromatic N) is 1. The van der Waals surface area contributed by atoms with Gasteiger partial charge < -0.3 is 5.32 Å². The normalized spacial score (nSPS) is 33.4. The number of hydrogen-bond acceptors (Lipinski definition) is 2. The van der Waals surface area contributed by atoms with Crippen LogP contribution in [0, 0.1) is 5.92 Å². The number of pyridine rings is 1. The van der Waals surface area contributed by atoms with Crippen molar-refractivity contribution in [1.82, 2.24) is 10.3 Å². The van der Waals surface area contributed by atoms with E-state index in [2.05, 4.69) is 28.5 Å². The molecule has 0 saturated carbocycles. The molecular formula is C14H18N2. The van der Waals surface area contributed by atoms with Crippen molar-refractivity contribution in [2.45, 2.75) is 37.8 Å². The summed E-state index contributed by atoms with van der Waals surface area (Å²) in [5.74, 6) is 0.729. The Kier molecular flexibility index (Phi) is 2.75. The minimum absolute atomic E-state index is 0.728. The van der Waals surface area contributed by atoms with Gasteiger partial charge in [0.25, 0.3) is 0 Å². The smallest absolute Gasteiger partial charge is 0.0340 e. The van der Waals surface area contributed by atoms with E-state index in [-0.39, 0.29) is 0 Å². The number of hydrogen-bond donors (Lipinski definition) is 1. The van der Waals surface area contributed by atoms with E-state index < -0.39 is 0 Å². The van der Waals surface area contributed by atoms with E-state index in [0.29, 0.717) is 0 Å². The standard InChI is InChI=1S/C14H18N2/c1-4-13-9-12(14(5-1)16-13)7-6-11-3-2-8-15-10-11/h2-3,6-8,10,12-14,16H,1,4-5,9H2. The molecule has 0 aromatic carbocycles. The van der Waals surface area contributed by atoms with Crippen molar-refractivity contribution in [1.29, 1.82) is 0 Å². The molecule has 3 rings (SSSR count). The number of piperidine rings is 1. The van der Waals surface area contributed by atoms with Crippen molar-refractivity contribution in [3.63, 3.8) is 0 Å². The molecule has 2 saturated heterocycles. The van der Waals surface area contributed by atoms with Crippen LogP contribution in [0.5, 0.6) is 0 Å². The van der Waals surface area contributed by atoms with Crippen LogP contribution in [0.4, 0.5) is 0 Å². The Hall–Kier alpha value is -1.15. The van der Waals surface area contributed by atoms with Crippen LogP contribution in [-0.2, 0) is 0 Å². The van der Waals surface area contributed by atoms with Crippen molar-refractivity contribution in [3.05, 3.63) is 36.2 Å². The van der Waals surface area contributed by atoms with E-state index in [1.807, 2.05) is 18.5 Å². The van der Waals surface area contributed by atoms with E-state index in [1.165, 1.54) is 31.2 Å². The fourth-order valence-electron chi connectivity index (χ4n) is 2.99. The van der Waals surface area contributed by atoms with Gasteiger partial charge in [0.05, 0.1) is 0 Å². The molecule has 3 atom stereocenters. The highest BCUT2D eigenvalue weighted by Crippen LogP contribution is 2.32.